The number of carbonyl (C=O) groups excluding carboxylic acids is 1. The van der Waals surface area contributed by atoms with Gasteiger partial charge in [-0.2, -0.15) is 0 Å². The van der Waals surface area contributed by atoms with Gasteiger partial charge in [0.2, 0.25) is 0 Å². The van der Waals surface area contributed by atoms with Crippen LogP contribution in [0.25, 0.3) is 6.08 Å². The van der Waals surface area contributed by atoms with Gasteiger partial charge in [0.05, 0.1) is 14.2 Å². The first kappa shape index (κ1) is 13.9. The van der Waals surface area contributed by atoms with Gasteiger partial charge in [0.25, 0.3) is 0 Å². The highest BCUT2D eigenvalue weighted by Crippen LogP contribution is 2.25. The van der Waals surface area contributed by atoms with E-state index in [9.17, 15) is 4.79 Å². The lowest BCUT2D eigenvalue weighted by Crippen LogP contribution is -1.94. The van der Waals surface area contributed by atoms with Crippen molar-refractivity contribution in [1.29, 1.82) is 0 Å². The quantitative estimate of drug-likeness (QED) is 0.614. The van der Waals surface area contributed by atoms with Crippen LogP contribution in [-0.4, -0.2) is 20.0 Å². The van der Waals surface area contributed by atoms with Crippen LogP contribution in [0.3, 0.4) is 0 Å². The van der Waals surface area contributed by atoms with Gasteiger partial charge in [-0.1, -0.05) is 30.3 Å². The monoisotopic (exact) mass is 268 g/mol. The highest BCUT2D eigenvalue weighted by Gasteiger charge is 2.04. The zero-order valence-electron chi connectivity index (χ0n) is 11.5. The second-order valence-electron chi connectivity index (χ2n) is 4.17. The summed E-state index contributed by atoms with van der Waals surface area (Å²) < 4.78 is 10.4. The summed E-state index contributed by atoms with van der Waals surface area (Å²) >= 11 is 0. The van der Waals surface area contributed by atoms with Crippen molar-refractivity contribution >= 4 is 11.9 Å². The third-order valence-corrected chi connectivity index (χ3v) is 2.91. The van der Waals surface area contributed by atoms with Crippen LogP contribution in [-0.2, 0) is 0 Å². The van der Waals surface area contributed by atoms with Crippen LogP contribution in [0.1, 0.15) is 15.9 Å². The van der Waals surface area contributed by atoms with Gasteiger partial charge < -0.3 is 9.47 Å². The SMILES string of the molecule is COc1ccc(C=CC(=O)c2ccccc2)c(OC)c1. The number of carbonyl (C=O) groups is 1. The largest absolute Gasteiger partial charge is 0.497 e. The molecule has 0 unspecified atom stereocenters. The molecule has 0 aliphatic heterocycles. The van der Waals surface area contributed by atoms with Crippen LogP contribution in [0.5, 0.6) is 11.5 Å². The molecule has 0 radical (unpaired) electrons. The maximum absolute atomic E-state index is 12.0. The Morgan fingerprint density at radius 3 is 2.40 bits per heavy atom. The minimum atomic E-state index is -0.0385. The fourth-order valence-electron chi connectivity index (χ4n) is 1.82. The minimum Gasteiger partial charge on any atom is -0.497 e. The third-order valence-electron chi connectivity index (χ3n) is 2.91. The Morgan fingerprint density at radius 2 is 1.75 bits per heavy atom. The standard InChI is InChI=1S/C17H16O3/c1-19-15-10-8-14(17(12-15)20-2)9-11-16(18)13-6-4-3-5-7-13/h3-12H,1-2H3. The van der Waals surface area contributed by atoms with E-state index in [4.69, 9.17) is 9.47 Å². The maximum Gasteiger partial charge on any atom is 0.185 e. The van der Waals surface area contributed by atoms with E-state index in [0.29, 0.717) is 17.1 Å². The number of rotatable bonds is 5. The minimum absolute atomic E-state index is 0.0385. The highest BCUT2D eigenvalue weighted by atomic mass is 16.5. The molecule has 0 saturated carbocycles. The van der Waals surface area contributed by atoms with Crippen molar-refractivity contribution in [3.8, 4) is 11.5 Å². The molecular weight excluding hydrogens is 252 g/mol. The molecule has 0 aliphatic carbocycles. The molecule has 2 aromatic carbocycles. The number of hydrogen-bond donors (Lipinski definition) is 0. The van der Waals surface area contributed by atoms with Crippen molar-refractivity contribution in [2.24, 2.45) is 0 Å². The van der Waals surface area contributed by atoms with Crippen molar-refractivity contribution < 1.29 is 14.3 Å². The van der Waals surface area contributed by atoms with E-state index in [1.54, 1.807) is 44.6 Å². The lowest BCUT2D eigenvalue weighted by Gasteiger charge is -2.07. The summed E-state index contributed by atoms with van der Waals surface area (Å²) in [5, 5.41) is 0. The predicted octanol–water partition coefficient (Wildman–Crippen LogP) is 3.60. The Hall–Kier alpha value is -2.55. The number of hydrogen-bond acceptors (Lipinski definition) is 3. The van der Waals surface area contributed by atoms with Crippen molar-refractivity contribution in [1.82, 2.24) is 0 Å². The number of allylic oxidation sites excluding steroid dienone is 1. The fraction of sp³-hybridized carbons (Fsp3) is 0.118. The topological polar surface area (TPSA) is 35.5 Å². The third kappa shape index (κ3) is 3.26. The Labute approximate surface area is 118 Å². The van der Waals surface area contributed by atoms with E-state index in [0.717, 1.165) is 5.56 Å². The van der Waals surface area contributed by atoms with Crippen LogP contribution in [0, 0.1) is 0 Å². The molecule has 0 bridgehead atoms. The van der Waals surface area contributed by atoms with E-state index in [1.165, 1.54) is 0 Å². The van der Waals surface area contributed by atoms with E-state index in [-0.39, 0.29) is 5.78 Å². The molecule has 0 amide bonds. The van der Waals surface area contributed by atoms with Crippen LogP contribution in [0.4, 0.5) is 0 Å². The molecule has 3 nitrogen and oxygen atoms in total. The fourth-order valence-corrected chi connectivity index (χ4v) is 1.82. The molecule has 0 spiro atoms. The average molecular weight is 268 g/mol. The summed E-state index contributed by atoms with van der Waals surface area (Å²) in [7, 11) is 3.19. The van der Waals surface area contributed by atoms with Gasteiger partial charge in [0.1, 0.15) is 11.5 Å². The summed E-state index contributed by atoms with van der Waals surface area (Å²) in [5.41, 5.74) is 1.49. The first-order valence-corrected chi connectivity index (χ1v) is 6.24. The molecule has 0 atom stereocenters. The number of methoxy groups -OCH3 is 2. The zero-order chi connectivity index (χ0) is 14.4. The van der Waals surface area contributed by atoms with Crippen LogP contribution in [0.15, 0.2) is 54.6 Å². The molecule has 0 heterocycles. The Balaban J connectivity index is 2.21. The molecule has 0 aromatic heterocycles. The van der Waals surface area contributed by atoms with Gasteiger partial charge in [0, 0.05) is 17.2 Å². The molecule has 0 N–H and O–H groups in total. The van der Waals surface area contributed by atoms with Gasteiger partial charge in [-0.15, -0.1) is 0 Å². The lowest BCUT2D eigenvalue weighted by molar-refractivity contribution is 0.104. The first-order valence-electron chi connectivity index (χ1n) is 6.24. The van der Waals surface area contributed by atoms with Crippen LogP contribution in [0.2, 0.25) is 0 Å². The number of benzene rings is 2. The summed E-state index contributed by atoms with van der Waals surface area (Å²) in [5.74, 6) is 1.35. The summed E-state index contributed by atoms with van der Waals surface area (Å²) in [4.78, 5) is 12.0. The van der Waals surface area contributed by atoms with Gasteiger partial charge >= 0.3 is 0 Å². The molecule has 0 aliphatic rings. The lowest BCUT2D eigenvalue weighted by atomic mass is 10.1. The molecule has 2 rings (SSSR count). The smallest absolute Gasteiger partial charge is 0.185 e. The highest BCUT2D eigenvalue weighted by molar-refractivity contribution is 6.06. The van der Waals surface area contributed by atoms with Crippen molar-refractivity contribution in [3.05, 3.63) is 65.7 Å². The van der Waals surface area contributed by atoms with Crippen molar-refractivity contribution in [2.45, 2.75) is 0 Å². The number of ketones is 1. The molecule has 3 heteroatoms. The summed E-state index contributed by atoms with van der Waals surface area (Å²) in [6.45, 7) is 0. The average Bonchev–Trinajstić information content (AvgIpc) is 2.53. The molecule has 102 valence electrons. The number of ether oxygens (including phenoxy) is 2. The summed E-state index contributed by atoms with van der Waals surface area (Å²) in [6, 6.07) is 14.6. The first-order chi connectivity index (χ1) is 9.74. The Morgan fingerprint density at radius 1 is 1.00 bits per heavy atom. The molecule has 20 heavy (non-hydrogen) atoms. The normalized spacial score (nSPS) is 10.5. The van der Waals surface area contributed by atoms with E-state index in [1.807, 2.05) is 30.3 Å². The Bertz CT molecular complexity index is 615. The maximum atomic E-state index is 12.0. The van der Waals surface area contributed by atoms with Gasteiger partial charge in [-0.3, -0.25) is 4.79 Å². The molecule has 2 aromatic rings. The van der Waals surface area contributed by atoms with Gasteiger partial charge in [-0.05, 0) is 24.3 Å². The van der Waals surface area contributed by atoms with Gasteiger partial charge in [0.15, 0.2) is 5.78 Å². The molecular formula is C17H16O3. The van der Waals surface area contributed by atoms with Crippen LogP contribution < -0.4 is 9.47 Å². The zero-order valence-corrected chi connectivity index (χ0v) is 11.5. The van der Waals surface area contributed by atoms with Gasteiger partial charge in [-0.25, -0.2) is 0 Å². The van der Waals surface area contributed by atoms with Crippen LogP contribution >= 0.6 is 0 Å². The molecule has 0 fully saturated rings. The predicted molar refractivity (Wildman–Crippen MR) is 79.4 cm³/mol. The van der Waals surface area contributed by atoms with Crippen molar-refractivity contribution in [3.63, 3.8) is 0 Å². The van der Waals surface area contributed by atoms with Crippen molar-refractivity contribution in [2.75, 3.05) is 14.2 Å². The second-order valence-corrected chi connectivity index (χ2v) is 4.17. The van der Waals surface area contributed by atoms with E-state index >= 15 is 0 Å². The Kier molecular flexibility index (Phi) is 4.56. The van der Waals surface area contributed by atoms with E-state index < -0.39 is 0 Å². The second kappa shape index (κ2) is 6.57. The summed E-state index contributed by atoms with van der Waals surface area (Å²) in [6.07, 6.45) is 3.28. The van der Waals surface area contributed by atoms with E-state index in [2.05, 4.69) is 0 Å². The molecule has 0 saturated heterocycles.